The monoisotopic (exact) mass is 246 g/mol. The largest absolute Gasteiger partial charge is 0.497 e. The first kappa shape index (κ1) is 12.0. The summed E-state index contributed by atoms with van der Waals surface area (Å²) in [5.74, 6) is 2.34. The number of hydrogen-bond acceptors (Lipinski definition) is 5. The molecule has 0 saturated heterocycles. The number of aromatic nitrogens is 1. The second-order valence-corrected chi connectivity index (χ2v) is 3.54. The molecule has 0 aliphatic carbocycles. The Hall–Kier alpha value is -2.43. The second-order valence-electron chi connectivity index (χ2n) is 3.54. The molecule has 1 aromatic heterocycles. The van der Waals surface area contributed by atoms with Crippen LogP contribution < -0.4 is 19.9 Å². The van der Waals surface area contributed by atoms with E-state index in [4.69, 9.17) is 19.9 Å². The fourth-order valence-corrected chi connectivity index (χ4v) is 1.41. The van der Waals surface area contributed by atoms with Crippen LogP contribution in [0, 0.1) is 0 Å². The van der Waals surface area contributed by atoms with Crippen LogP contribution in [0.4, 0.5) is 5.69 Å². The van der Waals surface area contributed by atoms with Crippen LogP contribution in [0.2, 0.25) is 0 Å². The number of pyridine rings is 1. The van der Waals surface area contributed by atoms with Crippen molar-refractivity contribution in [3.05, 3.63) is 36.5 Å². The average molecular weight is 246 g/mol. The van der Waals surface area contributed by atoms with E-state index in [1.165, 1.54) is 0 Å². The van der Waals surface area contributed by atoms with Gasteiger partial charge in [-0.15, -0.1) is 0 Å². The van der Waals surface area contributed by atoms with E-state index in [-0.39, 0.29) is 0 Å². The molecular formula is C13H14N2O3. The Labute approximate surface area is 105 Å². The zero-order valence-corrected chi connectivity index (χ0v) is 10.2. The van der Waals surface area contributed by atoms with Crippen molar-refractivity contribution < 1.29 is 14.2 Å². The Bertz CT molecular complexity index is 526. The van der Waals surface area contributed by atoms with Crippen LogP contribution in [0.3, 0.4) is 0 Å². The van der Waals surface area contributed by atoms with E-state index >= 15 is 0 Å². The molecule has 0 amide bonds. The van der Waals surface area contributed by atoms with Gasteiger partial charge in [-0.3, -0.25) is 0 Å². The van der Waals surface area contributed by atoms with Crippen molar-refractivity contribution in [2.75, 3.05) is 20.0 Å². The van der Waals surface area contributed by atoms with Gasteiger partial charge < -0.3 is 19.9 Å². The summed E-state index contributed by atoms with van der Waals surface area (Å²) < 4.78 is 15.6. The summed E-state index contributed by atoms with van der Waals surface area (Å²) in [5, 5.41) is 0. The van der Waals surface area contributed by atoms with E-state index in [0.717, 1.165) is 0 Å². The Morgan fingerprint density at radius 1 is 1.00 bits per heavy atom. The average Bonchev–Trinajstić information content (AvgIpc) is 2.42. The standard InChI is InChI=1S/C13H14N2O3/c1-16-9-3-5-12(11(14)7-9)18-13-6-4-10(17-2)8-15-13/h3-8H,14H2,1-2H3. The molecular weight excluding hydrogens is 232 g/mol. The number of methoxy groups -OCH3 is 2. The van der Waals surface area contributed by atoms with Gasteiger partial charge in [0.1, 0.15) is 11.5 Å². The van der Waals surface area contributed by atoms with Crippen molar-refractivity contribution in [3.63, 3.8) is 0 Å². The number of anilines is 1. The molecule has 0 unspecified atom stereocenters. The van der Waals surface area contributed by atoms with E-state index in [1.807, 2.05) is 0 Å². The van der Waals surface area contributed by atoms with Crippen LogP contribution in [-0.2, 0) is 0 Å². The number of nitrogens with zero attached hydrogens (tertiary/aromatic N) is 1. The maximum absolute atomic E-state index is 5.84. The van der Waals surface area contributed by atoms with Gasteiger partial charge >= 0.3 is 0 Å². The molecule has 5 nitrogen and oxygen atoms in total. The van der Waals surface area contributed by atoms with Gasteiger partial charge in [0, 0.05) is 12.1 Å². The normalized spacial score (nSPS) is 9.89. The predicted molar refractivity (Wildman–Crippen MR) is 68.3 cm³/mol. The summed E-state index contributed by atoms with van der Waals surface area (Å²) in [6.07, 6.45) is 1.58. The van der Waals surface area contributed by atoms with Crippen molar-refractivity contribution in [1.29, 1.82) is 0 Å². The zero-order valence-electron chi connectivity index (χ0n) is 10.2. The van der Waals surface area contributed by atoms with Gasteiger partial charge in [0.05, 0.1) is 26.1 Å². The molecule has 0 radical (unpaired) electrons. The molecule has 2 rings (SSSR count). The maximum Gasteiger partial charge on any atom is 0.219 e. The van der Waals surface area contributed by atoms with Crippen LogP contribution in [0.15, 0.2) is 36.5 Å². The lowest BCUT2D eigenvalue weighted by atomic mass is 10.3. The molecule has 0 aliphatic heterocycles. The highest BCUT2D eigenvalue weighted by Gasteiger charge is 2.05. The van der Waals surface area contributed by atoms with Gasteiger partial charge in [-0.25, -0.2) is 4.98 Å². The van der Waals surface area contributed by atoms with Crippen molar-refractivity contribution in [2.24, 2.45) is 0 Å². The highest BCUT2D eigenvalue weighted by molar-refractivity contribution is 5.57. The smallest absolute Gasteiger partial charge is 0.219 e. The van der Waals surface area contributed by atoms with E-state index in [2.05, 4.69) is 4.98 Å². The van der Waals surface area contributed by atoms with Gasteiger partial charge in [-0.1, -0.05) is 0 Å². The first-order valence-electron chi connectivity index (χ1n) is 5.34. The third-order valence-electron chi connectivity index (χ3n) is 2.38. The van der Waals surface area contributed by atoms with E-state index in [9.17, 15) is 0 Å². The van der Waals surface area contributed by atoms with Crippen molar-refractivity contribution >= 4 is 5.69 Å². The highest BCUT2D eigenvalue weighted by Crippen LogP contribution is 2.30. The molecule has 2 N–H and O–H groups in total. The molecule has 94 valence electrons. The third-order valence-corrected chi connectivity index (χ3v) is 2.38. The van der Waals surface area contributed by atoms with E-state index in [0.29, 0.717) is 28.8 Å². The highest BCUT2D eigenvalue weighted by atomic mass is 16.5. The molecule has 0 bridgehead atoms. The van der Waals surface area contributed by atoms with Crippen molar-refractivity contribution in [2.45, 2.75) is 0 Å². The van der Waals surface area contributed by atoms with Gasteiger partial charge in [0.15, 0.2) is 5.75 Å². The molecule has 1 heterocycles. The lowest BCUT2D eigenvalue weighted by molar-refractivity contribution is 0.406. The Morgan fingerprint density at radius 3 is 2.28 bits per heavy atom. The van der Waals surface area contributed by atoms with Crippen molar-refractivity contribution in [1.82, 2.24) is 4.98 Å². The third kappa shape index (κ3) is 2.63. The maximum atomic E-state index is 5.84. The first-order chi connectivity index (χ1) is 8.72. The van der Waals surface area contributed by atoms with Crippen LogP contribution in [0.1, 0.15) is 0 Å². The fourth-order valence-electron chi connectivity index (χ4n) is 1.41. The molecule has 18 heavy (non-hydrogen) atoms. The summed E-state index contributed by atoms with van der Waals surface area (Å²) in [6, 6.07) is 8.68. The summed E-state index contributed by atoms with van der Waals surface area (Å²) in [6.45, 7) is 0. The van der Waals surface area contributed by atoms with Gasteiger partial charge in [-0.2, -0.15) is 0 Å². The lowest BCUT2D eigenvalue weighted by Gasteiger charge is -2.09. The topological polar surface area (TPSA) is 66.6 Å². The molecule has 0 spiro atoms. The minimum atomic E-state index is 0.452. The number of benzene rings is 1. The number of ether oxygens (including phenoxy) is 3. The molecule has 0 aliphatic rings. The number of hydrogen-bond donors (Lipinski definition) is 1. The number of nitrogen functional groups attached to an aromatic ring is 1. The Kier molecular flexibility index (Phi) is 3.52. The van der Waals surface area contributed by atoms with Crippen molar-refractivity contribution in [3.8, 4) is 23.1 Å². The molecule has 0 atom stereocenters. The predicted octanol–water partition coefficient (Wildman–Crippen LogP) is 2.47. The van der Waals surface area contributed by atoms with Crippen LogP contribution in [-0.4, -0.2) is 19.2 Å². The molecule has 1 aromatic carbocycles. The van der Waals surface area contributed by atoms with E-state index < -0.39 is 0 Å². The van der Waals surface area contributed by atoms with Gasteiger partial charge in [0.2, 0.25) is 5.88 Å². The minimum absolute atomic E-state index is 0.452. The first-order valence-corrected chi connectivity index (χ1v) is 5.34. The quantitative estimate of drug-likeness (QED) is 0.839. The van der Waals surface area contributed by atoms with Gasteiger partial charge in [0.25, 0.3) is 0 Å². The zero-order chi connectivity index (χ0) is 13.0. The van der Waals surface area contributed by atoms with Crippen LogP contribution in [0.25, 0.3) is 0 Å². The number of nitrogens with two attached hydrogens (primary N) is 1. The van der Waals surface area contributed by atoms with Crippen LogP contribution >= 0.6 is 0 Å². The molecule has 0 fully saturated rings. The summed E-state index contributed by atoms with van der Waals surface area (Å²) in [5.41, 5.74) is 6.34. The summed E-state index contributed by atoms with van der Waals surface area (Å²) >= 11 is 0. The molecule has 0 saturated carbocycles. The molecule has 2 aromatic rings. The Morgan fingerprint density at radius 2 is 1.72 bits per heavy atom. The van der Waals surface area contributed by atoms with Gasteiger partial charge in [-0.05, 0) is 18.2 Å². The summed E-state index contributed by atoms with van der Waals surface area (Å²) in [7, 11) is 3.17. The molecule has 5 heteroatoms. The second kappa shape index (κ2) is 5.27. The minimum Gasteiger partial charge on any atom is -0.497 e. The summed E-state index contributed by atoms with van der Waals surface area (Å²) in [4.78, 5) is 4.09. The number of rotatable bonds is 4. The van der Waals surface area contributed by atoms with Crippen LogP contribution in [0.5, 0.6) is 23.1 Å². The van der Waals surface area contributed by atoms with E-state index in [1.54, 1.807) is 50.7 Å². The SMILES string of the molecule is COc1ccc(Oc2ccc(OC)cc2N)nc1. The lowest BCUT2D eigenvalue weighted by Crippen LogP contribution is -1.95. The fraction of sp³-hybridized carbons (Fsp3) is 0.154. The Balaban J connectivity index is 2.17.